The molecule has 0 aliphatic heterocycles. The van der Waals surface area contributed by atoms with Gasteiger partial charge in [0.1, 0.15) is 11.5 Å². The van der Waals surface area contributed by atoms with E-state index in [1.54, 1.807) is 14.2 Å². The molecule has 4 aliphatic rings. The minimum absolute atomic E-state index is 0. The van der Waals surface area contributed by atoms with E-state index in [-0.39, 0.29) is 14.9 Å². The van der Waals surface area contributed by atoms with Gasteiger partial charge in [-0.3, -0.25) is 0 Å². The zero-order valence-electron chi connectivity index (χ0n) is 29.0. The van der Waals surface area contributed by atoms with Crippen LogP contribution in [0.3, 0.4) is 0 Å². The van der Waals surface area contributed by atoms with Crippen LogP contribution in [-0.2, 0) is 20.8 Å². The molecule has 0 bridgehead atoms. The molecule has 46 heavy (non-hydrogen) atoms. The number of methoxy groups -OCH3 is 2. The fourth-order valence-electron chi connectivity index (χ4n) is 10.1. The van der Waals surface area contributed by atoms with Gasteiger partial charge in [-0.05, 0) is 94.8 Å². The van der Waals surface area contributed by atoms with E-state index in [1.807, 2.05) is 0 Å². The third-order valence-corrected chi connectivity index (χ3v) is 16.8. The van der Waals surface area contributed by atoms with Crippen LogP contribution in [0.2, 0.25) is 24.2 Å². The summed E-state index contributed by atoms with van der Waals surface area (Å²) in [6, 6.07) is 17.7. The van der Waals surface area contributed by atoms with Gasteiger partial charge in [0.2, 0.25) is 0 Å². The summed E-state index contributed by atoms with van der Waals surface area (Å²) in [6.07, 6.45) is 22.2. The zero-order valence-corrected chi connectivity index (χ0v) is 34.0. The van der Waals surface area contributed by atoms with Gasteiger partial charge in [0.05, 0.1) is 22.3 Å². The molecular weight excluding hydrogens is 703 g/mol. The van der Waals surface area contributed by atoms with E-state index in [4.69, 9.17) is 26.5 Å². The molecule has 4 aliphatic carbocycles. The quantitative estimate of drug-likeness (QED) is 0.216. The van der Waals surface area contributed by atoms with Crippen molar-refractivity contribution in [3.63, 3.8) is 0 Å². The number of hydrogen-bond donors (Lipinski definition) is 0. The van der Waals surface area contributed by atoms with Crippen LogP contribution in [0.15, 0.2) is 97.1 Å². The van der Waals surface area contributed by atoms with E-state index in [0.717, 1.165) is 34.4 Å². The van der Waals surface area contributed by atoms with Crippen molar-refractivity contribution in [1.29, 1.82) is 0 Å². The Kier molecular flexibility index (Phi) is 14.8. The number of fused-ring (bicyclic) bond motifs is 2. The second-order valence-corrected chi connectivity index (χ2v) is 22.7. The summed E-state index contributed by atoms with van der Waals surface area (Å²) in [7, 11) is 11.7. The Labute approximate surface area is 300 Å². The molecule has 0 amide bonds. The molecule has 0 spiro atoms. The van der Waals surface area contributed by atoms with Crippen molar-refractivity contribution in [2.24, 2.45) is 35.5 Å². The normalized spacial score (nSPS) is 32.3. The molecule has 10 atom stereocenters. The molecule has 6 rings (SSSR count). The molecule has 0 saturated heterocycles. The van der Waals surface area contributed by atoms with Gasteiger partial charge in [-0.2, -0.15) is 0 Å². The first-order chi connectivity index (χ1) is 21.2. The van der Waals surface area contributed by atoms with Gasteiger partial charge in [-0.25, -0.2) is 0 Å². The van der Waals surface area contributed by atoms with Crippen molar-refractivity contribution in [3.05, 3.63) is 123 Å². The zero-order chi connectivity index (χ0) is 31.4. The maximum atomic E-state index is 5.47. The Balaban J connectivity index is 0.00000111. The second-order valence-electron chi connectivity index (χ2n) is 14.0. The first-order valence-electron chi connectivity index (χ1n) is 16.2. The van der Waals surface area contributed by atoms with Crippen LogP contribution >= 0.6 is 17.0 Å². The molecule has 2 aromatic rings. The van der Waals surface area contributed by atoms with Crippen molar-refractivity contribution in [3.8, 4) is 11.5 Å². The molecule has 2 saturated carbocycles. The SMILES string of the molecule is COc1ccc(C2C=CC=CC3C2CC(C)C3[Si](C)(C)C2C(C)CC3C(c4ccc(OC)cc4)C=CC=CC32)cc1.[CH3-].[CH3-].[Cl][Zr+2][Cl]. The Morgan fingerprint density at radius 1 is 0.609 bits per heavy atom. The number of benzene rings is 2. The van der Waals surface area contributed by atoms with Gasteiger partial charge in [-0.15, -0.1) is 0 Å². The maximum absolute atomic E-state index is 5.47. The number of hydrogen-bond acceptors (Lipinski definition) is 2. The van der Waals surface area contributed by atoms with Crippen molar-refractivity contribution in [2.45, 2.75) is 62.7 Å². The Bertz CT molecular complexity index is 1250. The van der Waals surface area contributed by atoms with E-state index < -0.39 is 28.9 Å². The molecule has 0 heterocycles. The molecule has 2 nitrogen and oxygen atoms in total. The van der Waals surface area contributed by atoms with Gasteiger partial charge in [0.25, 0.3) is 0 Å². The van der Waals surface area contributed by atoms with Crippen LogP contribution in [0.25, 0.3) is 0 Å². The Morgan fingerprint density at radius 3 is 1.26 bits per heavy atom. The van der Waals surface area contributed by atoms with Crippen LogP contribution in [0, 0.1) is 50.4 Å². The number of allylic oxidation sites excluding steroid dienone is 8. The monoisotopic (exact) mass is 754 g/mol. The van der Waals surface area contributed by atoms with Crippen molar-refractivity contribution in [1.82, 2.24) is 0 Å². The van der Waals surface area contributed by atoms with E-state index in [9.17, 15) is 0 Å². The summed E-state index contributed by atoms with van der Waals surface area (Å²) < 4.78 is 10.9. The van der Waals surface area contributed by atoms with Crippen molar-refractivity contribution in [2.75, 3.05) is 14.2 Å². The van der Waals surface area contributed by atoms with Crippen LogP contribution in [0.1, 0.15) is 49.7 Å². The average molecular weight is 757 g/mol. The van der Waals surface area contributed by atoms with Gasteiger partial charge in [0, 0.05) is 11.8 Å². The first-order valence-corrected chi connectivity index (χ1v) is 25.7. The van der Waals surface area contributed by atoms with E-state index >= 15 is 0 Å². The average Bonchev–Trinajstić information content (AvgIpc) is 3.36. The van der Waals surface area contributed by atoms with Crippen LogP contribution in [0.5, 0.6) is 11.5 Å². The van der Waals surface area contributed by atoms with Crippen molar-refractivity contribution < 1.29 is 30.3 Å². The Morgan fingerprint density at radius 2 is 0.935 bits per heavy atom. The van der Waals surface area contributed by atoms with E-state index in [1.165, 1.54) is 24.0 Å². The second kappa shape index (κ2) is 17.4. The van der Waals surface area contributed by atoms with Crippen LogP contribution in [0.4, 0.5) is 0 Å². The third-order valence-electron chi connectivity index (χ3n) is 11.5. The first kappa shape index (κ1) is 39.1. The molecule has 2 fully saturated rings. The summed E-state index contributed by atoms with van der Waals surface area (Å²) in [5.74, 6) is 6.93. The summed E-state index contributed by atoms with van der Waals surface area (Å²) in [4.78, 5) is 0. The van der Waals surface area contributed by atoms with Crippen molar-refractivity contribution >= 4 is 25.1 Å². The molecule has 0 N–H and O–H groups in total. The molecule has 0 aromatic heterocycles. The van der Waals surface area contributed by atoms with E-state index in [2.05, 4.69) is 124 Å². The summed E-state index contributed by atoms with van der Waals surface area (Å²) in [5.41, 5.74) is 4.45. The summed E-state index contributed by atoms with van der Waals surface area (Å²) in [6.45, 7) is 10.7. The number of halogens is 2. The molecule has 10 unspecified atom stereocenters. The Hall–Kier alpha value is -1.32. The molecular formula is C40H54Cl2O2SiZr. The van der Waals surface area contributed by atoms with Crippen LogP contribution < -0.4 is 9.47 Å². The molecule has 2 aromatic carbocycles. The summed E-state index contributed by atoms with van der Waals surface area (Å²) >= 11 is -0.826. The number of ether oxygens (including phenoxy) is 2. The molecule has 6 heteroatoms. The fraction of sp³-hybridized carbons (Fsp3) is 0.450. The van der Waals surface area contributed by atoms with Crippen LogP contribution in [-0.4, -0.2) is 22.3 Å². The fourth-order valence-corrected chi connectivity index (χ4v) is 16.5. The predicted octanol–water partition coefficient (Wildman–Crippen LogP) is 12.1. The molecule has 248 valence electrons. The van der Waals surface area contributed by atoms with Gasteiger partial charge in [0.15, 0.2) is 0 Å². The topological polar surface area (TPSA) is 18.5 Å². The number of rotatable bonds is 6. The van der Waals surface area contributed by atoms with Gasteiger partial charge in [-0.1, -0.05) is 99.8 Å². The van der Waals surface area contributed by atoms with Gasteiger partial charge >= 0.3 is 37.9 Å². The van der Waals surface area contributed by atoms with Gasteiger partial charge < -0.3 is 24.3 Å². The van der Waals surface area contributed by atoms with E-state index in [0.29, 0.717) is 35.5 Å². The molecule has 0 radical (unpaired) electrons. The minimum atomic E-state index is -1.71. The standard InChI is InChI=1S/C38H48O2Si.2CH3.2ClH.Zr/c1-25-23-35-31(27-15-19-29(39-3)20-16-27)11-7-9-13-33(35)37(25)41(5,6)38-26(2)24-36-32(12-8-10-14-34(36)38)28-17-21-30(40-4)22-18-28;;;;;/h7-22,25-26,31-38H,23-24H2,1-6H3;2*1H3;2*1H;/q;2*-1;;;+4/p-2. The predicted molar refractivity (Wildman–Crippen MR) is 199 cm³/mol. The third kappa shape index (κ3) is 7.93. The summed E-state index contributed by atoms with van der Waals surface area (Å²) in [5, 5.41) is 0.